The van der Waals surface area contributed by atoms with Crippen molar-refractivity contribution < 1.29 is 23.7 Å². The SMILES string of the molecule is CCOC(=O)c1ccc(Oc2ccc3c(c2)COB3C)c(OC)c1. The van der Waals surface area contributed by atoms with E-state index in [0.717, 1.165) is 5.56 Å². The van der Waals surface area contributed by atoms with Crippen LogP contribution in [0.3, 0.4) is 0 Å². The van der Waals surface area contributed by atoms with Crippen molar-refractivity contribution in [3.63, 3.8) is 0 Å². The normalized spacial score (nSPS) is 12.7. The van der Waals surface area contributed by atoms with Gasteiger partial charge in [-0.25, -0.2) is 4.79 Å². The van der Waals surface area contributed by atoms with Crippen LogP contribution in [0.1, 0.15) is 22.8 Å². The van der Waals surface area contributed by atoms with E-state index in [9.17, 15) is 4.79 Å². The maximum atomic E-state index is 11.8. The van der Waals surface area contributed by atoms with Crippen molar-refractivity contribution in [3.8, 4) is 17.2 Å². The number of fused-ring (bicyclic) bond motifs is 1. The molecule has 0 atom stereocenters. The van der Waals surface area contributed by atoms with Crippen molar-refractivity contribution in [2.24, 2.45) is 0 Å². The number of esters is 1. The number of ether oxygens (including phenoxy) is 3. The molecular formula is C18H19BO5. The molecule has 0 unspecified atom stereocenters. The van der Waals surface area contributed by atoms with Crippen molar-refractivity contribution in [1.82, 2.24) is 0 Å². The van der Waals surface area contributed by atoms with E-state index in [1.807, 2.05) is 25.0 Å². The highest BCUT2D eigenvalue weighted by molar-refractivity contribution is 6.67. The molecule has 2 aromatic carbocycles. The molecule has 0 amide bonds. The number of hydrogen-bond donors (Lipinski definition) is 0. The number of carbonyl (C=O) groups is 1. The van der Waals surface area contributed by atoms with Gasteiger partial charge in [0.25, 0.3) is 0 Å². The van der Waals surface area contributed by atoms with Gasteiger partial charge in [0.2, 0.25) is 0 Å². The van der Waals surface area contributed by atoms with Crippen molar-refractivity contribution in [1.29, 1.82) is 0 Å². The summed E-state index contributed by atoms with van der Waals surface area (Å²) in [4.78, 5) is 11.8. The van der Waals surface area contributed by atoms with Gasteiger partial charge in [0, 0.05) is 0 Å². The molecule has 124 valence electrons. The number of carbonyl (C=O) groups excluding carboxylic acids is 1. The van der Waals surface area contributed by atoms with Crippen LogP contribution >= 0.6 is 0 Å². The smallest absolute Gasteiger partial charge is 0.338 e. The van der Waals surface area contributed by atoms with Gasteiger partial charge in [0.05, 0.1) is 25.9 Å². The van der Waals surface area contributed by atoms with Gasteiger partial charge < -0.3 is 18.9 Å². The molecule has 0 N–H and O–H groups in total. The molecule has 1 aliphatic heterocycles. The highest BCUT2D eigenvalue weighted by atomic mass is 16.5. The maximum Gasteiger partial charge on any atom is 0.338 e. The summed E-state index contributed by atoms with van der Waals surface area (Å²) in [6, 6.07) is 10.9. The zero-order chi connectivity index (χ0) is 17.1. The second kappa shape index (κ2) is 6.97. The summed E-state index contributed by atoms with van der Waals surface area (Å²) in [6.07, 6.45) is 0. The molecule has 6 heteroatoms. The van der Waals surface area contributed by atoms with Crippen molar-refractivity contribution in [3.05, 3.63) is 47.5 Å². The van der Waals surface area contributed by atoms with Crippen molar-refractivity contribution >= 4 is 18.3 Å². The van der Waals surface area contributed by atoms with Crippen LogP contribution in [0.5, 0.6) is 17.2 Å². The van der Waals surface area contributed by atoms with Crippen LogP contribution in [0, 0.1) is 0 Å². The summed E-state index contributed by atoms with van der Waals surface area (Å²) < 4.78 is 21.9. The van der Waals surface area contributed by atoms with Gasteiger partial charge >= 0.3 is 12.9 Å². The predicted molar refractivity (Wildman–Crippen MR) is 91.5 cm³/mol. The van der Waals surface area contributed by atoms with Gasteiger partial charge in [-0.15, -0.1) is 0 Å². The standard InChI is InChI=1S/C18H19BO5/c1-4-22-18(20)12-5-8-16(17(10-12)21-3)24-14-6-7-15-13(9-14)11-23-19(15)2/h5-10H,4,11H2,1-3H3. The van der Waals surface area contributed by atoms with E-state index < -0.39 is 0 Å². The minimum atomic E-state index is -0.383. The van der Waals surface area contributed by atoms with E-state index in [4.69, 9.17) is 18.9 Å². The molecule has 0 radical (unpaired) electrons. The summed E-state index contributed by atoms with van der Waals surface area (Å²) in [5, 5.41) is 0. The van der Waals surface area contributed by atoms with Gasteiger partial charge in [-0.2, -0.15) is 0 Å². The lowest BCUT2D eigenvalue weighted by atomic mass is 9.64. The van der Waals surface area contributed by atoms with Crippen LogP contribution in [-0.2, 0) is 16.0 Å². The molecule has 0 saturated carbocycles. The lowest BCUT2D eigenvalue weighted by molar-refractivity contribution is 0.0526. The van der Waals surface area contributed by atoms with Crippen LogP contribution in [0.25, 0.3) is 0 Å². The van der Waals surface area contributed by atoms with E-state index in [1.54, 1.807) is 25.1 Å². The number of benzene rings is 2. The molecule has 2 aromatic rings. The first kappa shape index (κ1) is 16.4. The van der Waals surface area contributed by atoms with Crippen molar-refractivity contribution in [2.45, 2.75) is 20.4 Å². The topological polar surface area (TPSA) is 54.0 Å². The molecule has 0 saturated heterocycles. The molecule has 0 bridgehead atoms. The summed E-state index contributed by atoms with van der Waals surface area (Å²) in [5.41, 5.74) is 2.74. The summed E-state index contributed by atoms with van der Waals surface area (Å²) >= 11 is 0. The average Bonchev–Trinajstić information content (AvgIpc) is 2.96. The third-order valence-corrected chi connectivity index (χ3v) is 3.94. The minimum Gasteiger partial charge on any atom is -0.493 e. The molecule has 1 heterocycles. The van der Waals surface area contributed by atoms with E-state index in [0.29, 0.717) is 36.0 Å². The monoisotopic (exact) mass is 326 g/mol. The molecule has 0 aromatic heterocycles. The Bertz CT molecular complexity index is 759. The number of methoxy groups -OCH3 is 1. The Hall–Kier alpha value is -2.47. The van der Waals surface area contributed by atoms with Crippen molar-refractivity contribution in [2.75, 3.05) is 13.7 Å². The third-order valence-electron chi connectivity index (χ3n) is 3.94. The largest absolute Gasteiger partial charge is 0.493 e. The van der Waals surface area contributed by atoms with Gasteiger partial charge in [0.15, 0.2) is 11.5 Å². The molecule has 24 heavy (non-hydrogen) atoms. The molecule has 0 spiro atoms. The van der Waals surface area contributed by atoms with Gasteiger partial charge in [-0.05, 0) is 48.3 Å². The fourth-order valence-corrected chi connectivity index (χ4v) is 2.69. The van der Waals surface area contributed by atoms with E-state index in [-0.39, 0.29) is 12.9 Å². The second-order valence-electron chi connectivity index (χ2n) is 5.50. The molecular weight excluding hydrogens is 307 g/mol. The van der Waals surface area contributed by atoms with Gasteiger partial charge in [0.1, 0.15) is 5.75 Å². The highest BCUT2D eigenvalue weighted by Crippen LogP contribution is 2.33. The summed E-state index contributed by atoms with van der Waals surface area (Å²) in [5.74, 6) is 1.34. The minimum absolute atomic E-state index is 0.118. The summed E-state index contributed by atoms with van der Waals surface area (Å²) in [6.45, 7) is 4.84. The second-order valence-corrected chi connectivity index (χ2v) is 5.50. The zero-order valence-corrected chi connectivity index (χ0v) is 14.0. The first-order valence-electron chi connectivity index (χ1n) is 7.89. The van der Waals surface area contributed by atoms with Crippen LogP contribution in [-0.4, -0.2) is 26.6 Å². The maximum absolute atomic E-state index is 11.8. The fourth-order valence-electron chi connectivity index (χ4n) is 2.69. The first-order chi connectivity index (χ1) is 11.6. The molecule has 3 rings (SSSR count). The summed E-state index contributed by atoms with van der Waals surface area (Å²) in [7, 11) is 1.54. The Balaban J connectivity index is 1.83. The van der Waals surface area contributed by atoms with Crippen LogP contribution in [0.4, 0.5) is 0 Å². The Morgan fingerprint density at radius 1 is 1.21 bits per heavy atom. The third kappa shape index (κ3) is 3.24. The Morgan fingerprint density at radius 2 is 2.04 bits per heavy atom. The lowest BCUT2D eigenvalue weighted by Gasteiger charge is -2.12. The van der Waals surface area contributed by atoms with E-state index in [2.05, 4.69) is 0 Å². The van der Waals surface area contributed by atoms with Crippen LogP contribution < -0.4 is 14.9 Å². The average molecular weight is 326 g/mol. The predicted octanol–water partition coefficient (Wildman–Crippen LogP) is 3.02. The Morgan fingerprint density at radius 3 is 2.79 bits per heavy atom. The molecule has 0 aliphatic carbocycles. The number of hydrogen-bond acceptors (Lipinski definition) is 5. The van der Waals surface area contributed by atoms with Crippen LogP contribution in [0.15, 0.2) is 36.4 Å². The zero-order valence-electron chi connectivity index (χ0n) is 14.0. The van der Waals surface area contributed by atoms with E-state index >= 15 is 0 Å². The van der Waals surface area contributed by atoms with Gasteiger partial charge in [-0.3, -0.25) is 0 Å². The Labute approximate surface area is 141 Å². The molecule has 0 fully saturated rings. The lowest BCUT2D eigenvalue weighted by Crippen LogP contribution is -2.23. The highest BCUT2D eigenvalue weighted by Gasteiger charge is 2.23. The van der Waals surface area contributed by atoms with E-state index in [1.165, 1.54) is 12.6 Å². The quantitative estimate of drug-likeness (QED) is 0.624. The Kier molecular flexibility index (Phi) is 4.76. The van der Waals surface area contributed by atoms with Gasteiger partial charge in [-0.1, -0.05) is 12.9 Å². The first-order valence-corrected chi connectivity index (χ1v) is 7.89. The molecule has 1 aliphatic rings. The number of rotatable bonds is 5. The fraction of sp³-hybridized carbons (Fsp3) is 0.278. The molecule has 5 nitrogen and oxygen atoms in total. The van der Waals surface area contributed by atoms with Crippen LogP contribution in [0.2, 0.25) is 6.82 Å².